The number of ether oxygens (including phenoxy) is 1. The van der Waals surface area contributed by atoms with Gasteiger partial charge < -0.3 is 24.4 Å². The Hall–Kier alpha value is -3.62. The maximum absolute atomic E-state index is 13.0. The molecule has 2 aromatic rings. The number of hydrogen-bond acceptors (Lipinski definition) is 6. The fourth-order valence-corrected chi connectivity index (χ4v) is 3.07. The first-order chi connectivity index (χ1) is 15.2. The summed E-state index contributed by atoms with van der Waals surface area (Å²) in [5, 5.41) is 5.13. The van der Waals surface area contributed by atoms with Crippen LogP contribution in [0.5, 0.6) is 0 Å². The number of aryl methyl sites for hydroxylation is 1. The van der Waals surface area contributed by atoms with Crippen LogP contribution < -0.4 is 16.1 Å². The van der Waals surface area contributed by atoms with Crippen molar-refractivity contribution in [3.8, 4) is 0 Å². The molecule has 32 heavy (non-hydrogen) atoms. The van der Waals surface area contributed by atoms with Gasteiger partial charge in [0.2, 0.25) is 5.43 Å². The molecule has 2 heterocycles. The number of rotatable bonds is 10. The molecule has 0 bridgehead atoms. The summed E-state index contributed by atoms with van der Waals surface area (Å²) >= 11 is 0. The number of esters is 1. The lowest BCUT2D eigenvalue weighted by Gasteiger charge is -2.22. The SMILES string of the molecule is C=CCNC(=O)c1cn(Cc2ccc(C)o2)cc(C(=O)N[C@H](C(=O)OC)[C@@H](C)CC)c1=O. The second kappa shape index (κ2) is 11.1. The van der Waals surface area contributed by atoms with Crippen LogP contribution in [0.25, 0.3) is 0 Å². The number of pyridine rings is 1. The highest BCUT2D eigenvalue weighted by molar-refractivity contribution is 6.00. The Morgan fingerprint density at radius 3 is 2.41 bits per heavy atom. The van der Waals surface area contributed by atoms with E-state index in [1.165, 1.54) is 30.1 Å². The Kier molecular flexibility index (Phi) is 8.57. The van der Waals surface area contributed by atoms with Gasteiger partial charge in [0.05, 0.1) is 13.7 Å². The lowest BCUT2D eigenvalue weighted by atomic mass is 9.98. The van der Waals surface area contributed by atoms with E-state index < -0.39 is 29.3 Å². The number of nitrogens with one attached hydrogen (secondary N) is 2. The summed E-state index contributed by atoms with van der Waals surface area (Å²) in [6.07, 6.45) is 4.78. The molecule has 2 N–H and O–H groups in total. The van der Waals surface area contributed by atoms with Gasteiger partial charge in [-0.1, -0.05) is 26.3 Å². The number of aromatic nitrogens is 1. The fourth-order valence-electron chi connectivity index (χ4n) is 3.07. The molecule has 0 aliphatic rings. The van der Waals surface area contributed by atoms with Gasteiger partial charge in [0.1, 0.15) is 28.7 Å². The molecule has 2 rings (SSSR count). The van der Waals surface area contributed by atoms with Crippen molar-refractivity contribution in [1.82, 2.24) is 15.2 Å². The lowest BCUT2D eigenvalue weighted by molar-refractivity contribution is -0.144. The van der Waals surface area contributed by atoms with Gasteiger partial charge in [0.25, 0.3) is 11.8 Å². The summed E-state index contributed by atoms with van der Waals surface area (Å²) in [6, 6.07) is 2.62. The van der Waals surface area contributed by atoms with Crippen molar-refractivity contribution in [1.29, 1.82) is 0 Å². The van der Waals surface area contributed by atoms with Crippen LogP contribution in [0.2, 0.25) is 0 Å². The van der Waals surface area contributed by atoms with E-state index in [9.17, 15) is 19.2 Å². The van der Waals surface area contributed by atoms with Crippen LogP contribution in [-0.2, 0) is 16.1 Å². The summed E-state index contributed by atoms with van der Waals surface area (Å²) in [5.74, 6) is -0.953. The molecule has 0 radical (unpaired) electrons. The van der Waals surface area contributed by atoms with E-state index >= 15 is 0 Å². The van der Waals surface area contributed by atoms with E-state index in [0.717, 1.165) is 0 Å². The van der Waals surface area contributed by atoms with Gasteiger partial charge in [-0.2, -0.15) is 0 Å². The Labute approximate surface area is 186 Å². The predicted octanol–water partition coefficient (Wildman–Crippen LogP) is 2.03. The van der Waals surface area contributed by atoms with Crippen molar-refractivity contribution in [2.24, 2.45) is 5.92 Å². The highest BCUT2D eigenvalue weighted by Gasteiger charge is 2.29. The van der Waals surface area contributed by atoms with E-state index in [1.54, 1.807) is 26.0 Å². The van der Waals surface area contributed by atoms with Gasteiger partial charge >= 0.3 is 5.97 Å². The molecule has 0 fully saturated rings. The predicted molar refractivity (Wildman–Crippen MR) is 119 cm³/mol. The number of methoxy groups -OCH3 is 1. The minimum atomic E-state index is -0.934. The van der Waals surface area contributed by atoms with Crippen LogP contribution in [0.4, 0.5) is 0 Å². The molecule has 0 spiro atoms. The summed E-state index contributed by atoms with van der Waals surface area (Å²) in [5.41, 5.74) is -1.22. The minimum absolute atomic E-state index is 0.157. The quantitative estimate of drug-likeness (QED) is 0.428. The van der Waals surface area contributed by atoms with Crippen molar-refractivity contribution in [3.63, 3.8) is 0 Å². The van der Waals surface area contributed by atoms with Crippen LogP contribution in [0.3, 0.4) is 0 Å². The van der Waals surface area contributed by atoms with Crippen molar-refractivity contribution >= 4 is 17.8 Å². The van der Waals surface area contributed by atoms with Gasteiger partial charge in [0, 0.05) is 18.9 Å². The Bertz CT molecular complexity index is 1050. The van der Waals surface area contributed by atoms with E-state index in [4.69, 9.17) is 9.15 Å². The zero-order valence-corrected chi connectivity index (χ0v) is 18.8. The van der Waals surface area contributed by atoms with Crippen LogP contribution >= 0.6 is 0 Å². The van der Waals surface area contributed by atoms with Gasteiger partial charge in [-0.3, -0.25) is 14.4 Å². The number of hydrogen-bond donors (Lipinski definition) is 2. The van der Waals surface area contributed by atoms with E-state index in [1.807, 2.05) is 6.92 Å². The minimum Gasteiger partial charge on any atom is -0.467 e. The second-order valence-electron chi connectivity index (χ2n) is 7.46. The monoisotopic (exact) mass is 443 g/mol. The molecule has 0 saturated carbocycles. The van der Waals surface area contributed by atoms with Crippen molar-refractivity contribution in [2.45, 2.75) is 39.8 Å². The number of nitrogens with zero attached hydrogens (tertiary/aromatic N) is 1. The third kappa shape index (κ3) is 5.96. The number of furan rings is 1. The van der Waals surface area contributed by atoms with Crippen molar-refractivity contribution < 1.29 is 23.5 Å². The fraction of sp³-hybridized carbons (Fsp3) is 0.391. The highest BCUT2D eigenvalue weighted by atomic mass is 16.5. The number of carbonyl (C=O) groups excluding carboxylic acids is 3. The standard InChI is InChI=1S/C23H29N3O6/c1-6-10-24-21(28)17-12-26(11-16-9-8-15(4)32-16)13-18(20(17)27)22(29)25-19(14(3)7-2)23(30)31-5/h6,8-9,12-14,19H,1,7,10-11H2,2-5H3,(H,24,28)(H,25,29)/t14-,19-/m0/s1. The first kappa shape index (κ1) is 24.6. The van der Waals surface area contributed by atoms with Crippen molar-refractivity contribution in [2.75, 3.05) is 13.7 Å². The maximum Gasteiger partial charge on any atom is 0.328 e. The number of amides is 2. The van der Waals surface area contributed by atoms with Gasteiger partial charge in [-0.05, 0) is 25.0 Å². The molecule has 0 aromatic carbocycles. The Balaban J connectivity index is 2.48. The zero-order chi connectivity index (χ0) is 23.8. The molecule has 9 heteroatoms. The maximum atomic E-state index is 13.0. The lowest BCUT2D eigenvalue weighted by Crippen LogP contribution is -2.47. The first-order valence-electron chi connectivity index (χ1n) is 10.3. The van der Waals surface area contributed by atoms with E-state index in [-0.39, 0.29) is 30.1 Å². The van der Waals surface area contributed by atoms with Crippen molar-refractivity contribution in [3.05, 3.63) is 70.1 Å². The van der Waals surface area contributed by atoms with Gasteiger partial charge in [0.15, 0.2) is 0 Å². The largest absolute Gasteiger partial charge is 0.467 e. The topological polar surface area (TPSA) is 120 Å². The molecule has 9 nitrogen and oxygen atoms in total. The molecule has 0 aliphatic carbocycles. The Morgan fingerprint density at radius 2 is 1.88 bits per heavy atom. The average Bonchev–Trinajstić information content (AvgIpc) is 3.19. The summed E-state index contributed by atoms with van der Waals surface area (Å²) in [7, 11) is 1.23. The molecule has 0 unspecified atom stereocenters. The molecular formula is C23H29N3O6. The van der Waals surface area contributed by atoms with E-state index in [2.05, 4.69) is 17.2 Å². The smallest absolute Gasteiger partial charge is 0.328 e. The molecular weight excluding hydrogens is 414 g/mol. The zero-order valence-electron chi connectivity index (χ0n) is 18.8. The third-order valence-electron chi connectivity index (χ3n) is 5.06. The molecule has 172 valence electrons. The second-order valence-corrected chi connectivity index (χ2v) is 7.46. The molecule has 2 atom stereocenters. The highest BCUT2D eigenvalue weighted by Crippen LogP contribution is 2.12. The van der Waals surface area contributed by atoms with Gasteiger partial charge in [-0.25, -0.2) is 4.79 Å². The molecule has 0 saturated heterocycles. The van der Waals surface area contributed by atoms with Crippen LogP contribution in [-0.4, -0.2) is 42.0 Å². The molecule has 0 aliphatic heterocycles. The van der Waals surface area contributed by atoms with E-state index in [0.29, 0.717) is 17.9 Å². The summed E-state index contributed by atoms with van der Waals surface area (Å²) < 4.78 is 11.9. The molecule has 2 amide bonds. The normalized spacial score (nSPS) is 12.5. The first-order valence-corrected chi connectivity index (χ1v) is 10.3. The van der Waals surface area contributed by atoms with Gasteiger partial charge in [-0.15, -0.1) is 6.58 Å². The van der Waals surface area contributed by atoms with Crippen LogP contribution in [0.1, 0.15) is 52.5 Å². The third-order valence-corrected chi connectivity index (χ3v) is 5.06. The van der Waals surface area contributed by atoms with Crippen LogP contribution in [0, 0.1) is 12.8 Å². The molecule has 2 aromatic heterocycles. The average molecular weight is 444 g/mol. The number of carbonyl (C=O) groups is 3. The summed E-state index contributed by atoms with van der Waals surface area (Å²) in [4.78, 5) is 50.7. The Morgan fingerprint density at radius 1 is 1.22 bits per heavy atom. The van der Waals surface area contributed by atoms with Crippen LogP contribution in [0.15, 0.2) is 46.4 Å². The summed E-state index contributed by atoms with van der Waals surface area (Å²) in [6.45, 7) is 9.34.